The van der Waals surface area contributed by atoms with Gasteiger partial charge in [-0.05, 0) is 40.3 Å². The van der Waals surface area contributed by atoms with Gasteiger partial charge in [-0.2, -0.15) is 0 Å². The number of ether oxygens (including phenoxy) is 4. The molecule has 1 saturated carbocycles. The van der Waals surface area contributed by atoms with E-state index in [9.17, 15) is 20.4 Å². The predicted octanol–water partition coefficient (Wildman–Crippen LogP) is -4.36. The van der Waals surface area contributed by atoms with Gasteiger partial charge in [0.1, 0.15) is 36.1 Å². The molecule has 0 bridgehead atoms. The molecule has 0 aromatic heterocycles. The van der Waals surface area contributed by atoms with E-state index in [-0.39, 0.29) is 18.6 Å². The molecule has 2 heterocycles. The summed E-state index contributed by atoms with van der Waals surface area (Å²) in [7, 11) is 3.40. The SMILES string of the molecule is CNC[C@H]1CC[C@H](N)[C@@H](O[C@@H]2[C@H](O)[C@@H](O[C@H]3O[C@@H](CO)[C@](C)(O)[C@H](NC)[C@@H]3O)[C@H](N)C[C@H]2N)O1. The second-order valence-corrected chi connectivity index (χ2v) is 9.84. The van der Waals surface area contributed by atoms with Crippen LogP contribution in [0.25, 0.3) is 0 Å². The minimum absolute atomic E-state index is 0.0754. The number of hydrogen-bond donors (Lipinski definition) is 9. The summed E-state index contributed by atoms with van der Waals surface area (Å²) < 4.78 is 23.7. The van der Waals surface area contributed by atoms with Crippen molar-refractivity contribution in [2.24, 2.45) is 17.2 Å². The minimum Gasteiger partial charge on any atom is -0.394 e. The van der Waals surface area contributed by atoms with Crippen molar-refractivity contribution in [1.29, 1.82) is 0 Å². The van der Waals surface area contributed by atoms with Crippen molar-refractivity contribution in [2.75, 3.05) is 27.2 Å². The van der Waals surface area contributed by atoms with Crippen molar-refractivity contribution in [1.82, 2.24) is 10.6 Å². The molecule has 13 atom stereocenters. The van der Waals surface area contributed by atoms with Crippen LogP contribution in [0.15, 0.2) is 0 Å². The number of likely N-dealkylation sites (N-methyl/N-ethyl adjacent to an activating group) is 2. The normalized spacial score (nSPS) is 50.3. The number of nitrogens with one attached hydrogen (secondary N) is 2. The third-order valence-corrected chi connectivity index (χ3v) is 7.25. The van der Waals surface area contributed by atoms with Gasteiger partial charge in [-0.25, -0.2) is 0 Å². The molecule has 0 radical (unpaired) electrons. The summed E-state index contributed by atoms with van der Waals surface area (Å²) in [6.07, 6.45) is -5.85. The third kappa shape index (κ3) is 5.72. The average molecular weight is 494 g/mol. The molecule has 13 heteroatoms. The van der Waals surface area contributed by atoms with E-state index >= 15 is 0 Å². The molecular weight excluding hydrogens is 450 g/mol. The second kappa shape index (κ2) is 11.7. The topological polar surface area (TPSA) is 220 Å². The van der Waals surface area contributed by atoms with Crippen molar-refractivity contribution in [2.45, 2.75) is 105 Å². The van der Waals surface area contributed by atoms with E-state index in [1.807, 2.05) is 7.05 Å². The molecule has 3 aliphatic rings. The van der Waals surface area contributed by atoms with Crippen molar-refractivity contribution < 1.29 is 39.4 Å². The number of aliphatic hydroxyl groups is 4. The standard InChI is InChI=1S/C21H43N5O8/c1-21(30)13(8-27)32-20(15(29)18(21)26-3)34-17-12(24)6-11(23)16(14(17)28)33-19-10(22)5-4-9(31-19)7-25-2/h9-20,25-30H,4-8,22-24H2,1-3H3/t9-,10+,11-,12-,13+,14+,15+,16+,17+,18-,19-,20-,21+/m1/s1. The van der Waals surface area contributed by atoms with Crippen LogP contribution in [0.4, 0.5) is 0 Å². The Kier molecular flexibility index (Phi) is 9.64. The molecular formula is C21H43N5O8. The Labute approximate surface area is 200 Å². The summed E-state index contributed by atoms with van der Waals surface area (Å²) >= 11 is 0. The highest BCUT2D eigenvalue weighted by molar-refractivity contribution is 5.04. The molecule has 200 valence electrons. The molecule has 13 nitrogen and oxygen atoms in total. The number of nitrogens with two attached hydrogens (primary N) is 3. The van der Waals surface area contributed by atoms with E-state index < -0.39 is 73.4 Å². The lowest BCUT2D eigenvalue weighted by Crippen LogP contribution is -2.71. The van der Waals surface area contributed by atoms with Gasteiger partial charge in [-0.15, -0.1) is 0 Å². The number of hydrogen-bond acceptors (Lipinski definition) is 13. The summed E-state index contributed by atoms with van der Waals surface area (Å²) in [5, 5.41) is 48.3. The Morgan fingerprint density at radius 2 is 1.56 bits per heavy atom. The second-order valence-electron chi connectivity index (χ2n) is 9.84. The first-order valence-electron chi connectivity index (χ1n) is 11.9. The smallest absolute Gasteiger partial charge is 0.186 e. The van der Waals surface area contributed by atoms with Gasteiger partial charge in [0.25, 0.3) is 0 Å². The van der Waals surface area contributed by atoms with Gasteiger partial charge in [0.15, 0.2) is 12.6 Å². The quantitative estimate of drug-likeness (QED) is 0.156. The highest BCUT2D eigenvalue weighted by atomic mass is 16.7. The van der Waals surface area contributed by atoms with Crippen molar-refractivity contribution >= 4 is 0 Å². The summed E-state index contributed by atoms with van der Waals surface area (Å²) in [6, 6.07) is -2.53. The van der Waals surface area contributed by atoms with Crippen LogP contribution in [0.2, 0.25) is 0 Å². The summed E-state index contributed by atoms with van der Waals surface area (Å²) in [6.45, 7) is 1.59. The predicted molar refractivity (Wildman–Crippen MR) is 121 cm³/mol. The number of rotatable bonds is 8. The fourth-order valence-corrected chi connectivity index (χ4v) is 5.22. The van der Waals surface area contributed by atoms with E-state index in [1.54, 1.807) is 7.05 Å². The van der Waals surface area contributed by atoms with Gasteiger partial charge >= 0.3 is 0 Å². The van der Waals surface area contributed by atoms with Crippen LogP contribution < -0.4 is 27.8 Å². The lowest BCUT2D eigenvalue weighted by Gasteiger charge is -2.50. The third-order valence-electron chi connectivity index (χ3n) is 7.25. The maximum atomic E-state index is 11.2. The van der Waals surface area contributed by atoms with E-state index in [2.05, 4.69) is 10.6 Å². The molecule has 0 aromatic carbocycles. The van der Waals surface area contributed by atoms with Crippen molar-refractivity contribution in [3.63, 3.8) is 0 Å². The first kappa shape index (κ1) is 28.1. The highest BCUT2D eigenvalue weighted by Gasteiger charge is 2.54. The van der Waals surface area contributed by atoms with Crippen LogP contribution in [0, 0.1) is 0 Å². The van der Waals surface area contributed by atoms with E-state index in [0.29, 0.717) is 13.0 Å². The Hall–Kier alpha value is -0.520. The van der Waals surface area contributed by atoms with Crippen LogP contribution in [0.3, 0.4) is 0 Å². The van der Waals surface area contributed by atoms with Crippen LogP contribution >= 0.6 is 0 Å². The molecule has 0 spiro atoms. The Balaban J connectivity index is 1.72. The van der Waals surface area contributed by atoms with Gasteiger partial charge in [-0.3, -0.25) is 0 Å². The lowest BCUT2D eigenvalue weighted by atomic mass is 9.82. The fraction of sp³-hybridized carbons (Fsp3) is 1.00. The monoisotopic (exact) mass is 493 g/mol. The van der Waals surface area contributed by atoms with E-state index in [1.165, 1.54) is 6.92 Å². The van der Waals surface area contributed by atoms with E-state index in [4.69, 9.17) is 36.1 Å². The van der Waals surface area contributed by atoms with Gasteiger partial charge in [-0.1, -0.05) is 0 Å². The molecule has 0 amide bonds. The zero-order chi connectivity index (χ0) is 25.2. The largest absolute Gasteiger partial charge is 0.394 e. The Bertz CT molecular complexity index is 648. The van der Waals surface area contributed by atoms with Gasteiger partial charge in [0.2, 0.25) is 0 Å². The summed E-state index contributed by atoms with van der Waals surface area (Å²) in [5.74, 6) is 0. The van der Waals surface area contributed by atoms with Crippen molar-refractivity contribution in [3.8, 4) is 0 Å². The summed E-state index contributed by atoms with van der Waals surface area (Å²) in [5.41, 5.74) is 17.2. The van der Waals surface area contributed by atoms with Gasteiger partial charge in [0.05, 0.1) is 24.8 Å². The Morgan fingerprint density at radius 3 is 2.12 bits per heavy atom. The zero-order valence-corrected chi connectivity index (χ0v) is 20.1. The van der Waals surface area contributed by atoms with Gasteiger partial charge in [0, 0.05) is 18.6 Å². The lowest BCUT2D eigenvalue weighted by molar-refractivity contribution is -0.330. The molecule has 0 aromatic rings. The van der Waals surface area contributed by atoms with Crippen LogP contribution in [0.1, 0.15) is 26.2 Å². The molecule has 34 heavy (non-hydrogen) atoms. The molecule has 3 rings (SSSR count). The van der Waals surface area contributed by atoms with Crippen LogP contribution in [-0.2, 0) is 18.9 Å². The van der Waals surface area contributed by atoms with Crippen molar-refractivity contribution in [3.05, 3.63) is 0 Å². The summed E-state index contributed by atoms with van der Waals surface area (Å²) in [4.78, 5) is 0. The molecule has 1 aliphatic carbocycles. The maximum absolute atomic E-state index is 11.2. The molecule has 2 aliphatic heterocycles. The minimum atomic E-state index is -1.57. The first-order chi connectivity index (χ1) is 16.0. The van der Waals surface area contributed by atoms with Crippen LogP contribution in [-0.4, -0.2) is 127 Å². The molecule has 0 unspecified atom stereocenters. The van der Waals surface area contributed by atoms with Gasteiger partial charge < -0.3 is 67.2 Å². The molecule has 2 saturated heterocycles. The fourth-order valence-electron chi connectivity index (χ4n) is 5.22. The first-order valence-corrected chi connectivity index (χ1v) is 11.9. The highest BCUT2D eigenvalue weighted by Crippen LogP contribution is 2.33. The average Bonchev–Trinajstić information content (AvgIpc) is 2.77. The molecule has 12 N–H and O–H groups in total. The maximum Gasteiger partial charge on any atom is 0.186 e. The van der Waals surface area contributed by atoms with E-state index in [0.717, 1.165) is 6.42 Å². The molecule has 3 fully saturated rings. The van der Waals surface area contributed by atoms with Crippen LogP contribution in [0.5, 0.6) is 0 Å². The Morgan fingerprint density at radius 1 is 0.941 bits per heavy atom. The number of aliphatic hydroxyl groups excluding tert-OH is 3. The zero-order valence-electron chi connectivity index (χ0n) is 20.1.